The lowest BCUT2D eigenvalue weighted by Crippen LogP contribution is -2.29. The van der Waals surface area contributed by atoms with E-state index in [1.54, 1.807) is 30.3 Å². The quantitative estimate of drug-likeness (QED) is 0.917. The molecule has 1 N–H and O–H groups in total. The molecule has 0 saturated heterocycles. The lowest BCUT2D eigenvalue weighted by atomic mass is 10.2. The van der Waals surface area contributed by atoms with Crippen molar-refractivity contribution in [3.63, 3.8) is 0 Å². The van der Waals surface area contributed by atoms with Crippen molar-refractivity contribution in [3.8, 4) is 0 Å². The minimum absolute atomic E-state index is 0.182. The minimum Gasteiger partial charge on any atom is -0.478 e. The summed E-state index contributed by atoms with van der Waals surface area (Å²) in [6, 6.07) is 11.5. The fraction of sp³-hybridized carbons (Fsp3) is 0.133. The first-order valence-electron chi connectivity index (χ1n) is 6.34. The lowest BCUT2D eigenvalue weighted by Gasteiger charge is -2.20. The van der Waals surface area contributed by atoms with E-state index in [-0.39, 0.29) is 17.0 Å². The molecule has 0 amide bonds. The van der Waals surface area contributed by atoms with Gasteiger partial charge in [0.05, 0.1) is 17.0 Å². The fourth-order valence-electron chi connectivity index (χ4n) is 1.92. The molecule has 0 fully saturated rings. The molecule has 0 aliphatic heterocycles. The molecule has 0 spiro atoms. The second kappa shape index (κ2) is 6.15. The maximum absolute atomic E-state index is 13.9. The zero-order valence-electron chi connectivity index (χ0n) is 11.7. The molecule has 116 valence electrons. The number of benzene rings is 2. The summed E-state index contributed by atoms with van der Waals surface area (Å²) in [4.78, 5) is 10.9. The van der Waals surface area contributed by atoms with Crippen molar-refractivity contribution in [1.82, 2.24) is 0 Å². The number of nitrogens with zero attached hydrogens (tertiary/aromatic N) is 1. The Morgan fingerprint density at radius 2 is 1.82 bits per heavy atom. The molecule has 2 aromatic rings. The molecule has 2 rings (SSSR count). The first-order valence-corrected chi connectivity index (χ1v) is 7.95. The molecule has 0 aliphatic carbocycles. The standard InChI is InChI=1S/C15H14FNO4S/c1-17(14-9-12(15(18)19)7-8-13(14)16)22(20,21)10-11-5-3-2-4-6-11/h2-9H,10H2,1H3,(H,18,19). The van der Waals surface area contributed by atoms with E-state index >= 15 is 0 Å². The minimum atomic E-state index is -3.83. The summed E-state index contributed by atoms with van der Waals surface area (Å²) in [5.41, 5.74) is 0.0816. The normalized spacial score (nSPS) is 11.2. The third kappa shape index (κ3) is 3.43. The van der Waals surface area contributed by atoms with Crippen LogP contribution in [-0.2, 0) is 15.8 Å². The van der Waals surface area contributed by atoms with Crippen LogP contribution in [0.15, 0.2) is 48.5 Å². The number of rotatable bonds is 5. The number of carboxylic acid groups (broad SMARTS) is 1. The Bertz CT molecular complexity index is 790. The van der Waals surface area contributed by atoms with Crippen LogP contribution in [0.3, 0.4) is 0 Å². The monoisotopic (exact) mass is 323 g/mol. The van der Waals surface area contributed by atoms with Crippen molar-refractivity contribution in [2.24, 2.45) is 0 Å². The maximum atomic E-state index is 13.9. The number of anilines is 1. The Morgan fingerprint density at radius 3 is 2.41 bits per heavy atom. The van der Waals surface area contributed by atoms with Crippen molar-refractivity contribution >= 4 is 21.7 Å². The summed E-state index contributed by atoms with van der Waals surface area (Å²) in [5.74, 6) is -2.36. The largest absolute Gasteiger partial charge is 0.478 e. The van der Waals surface area contributed by atoms with Gasteiger partial charge < -0.3 is 5.11 Å². The van der Waals surface area contributed by atoms with Gasteiger partial charge in [0.25, 0.3) is 0 Å². The first-order chi connectivity index (χ1) is 10.3. The van der Waals surface area contributed by atoms with Gasteiger partial charge in [0.2, 0.25) is 10.0 Å². The van der Waals surface area contributed by atoms with E-state index in [1.165, 1.54) is 7.05 Å². The van der Waals surface area contributed by atoms with Crippen LogP contribution in [0.25, 0.3) is 0 Å². The molecule has 2 aromatic carbocycles. The molecular weight excluding hydrogens is 309 g/mol. The van der Waals surface area contributed by atoms with Crippen LogP contribution in [0.1, 0.15) is 15.9 Å². The number of carbonyl (C=O) groups is 1. The SMILES string of the molecule is CN(c1cc(C(=O)O)ccc1F)S(=O)(=O)Cc1ccccc1. The van der Waals surface area contributed by atoms with E-state index in [1.807, 2.05) is 0 Å². The summed E-state index contributed by atoms with van der Waals surface area (Å²) >= 11 is 0. The number of hydrogen-bond acceptors (Lipinski definition) is 3. The zero-order chi connectivity index (χ0) is 16.3. The third-order valence-corrected chi connectivity index (χ3v) is 4.87. The van der Waals surface area contributed by atoms with E-state index in [0.717, 1.165) is 22.5 Å². The van der Waals surface area contributed by atoms with Crippen molar-refractivity contribution in [1.29, 1.82) is 0 Å². The molecule has 0 aliphatic rings. The molecule has 0 atom stereocenters. The van der Waals surface area contributed by atoms with E-state index in [0.29, 0.717) is 5.56 Å². The number of sulfonamides is 1. The second-order valence-corrected chi connectivity index (χ2v) is 6.68. The highest BCUT2D eigenvalue weighted by molar-refractivity contribution is 7.92. The predicted octanol–water partition coefficient (Wildman–Crippen LogP) is 2.49. The maximum Gasteiger partial charge on any atom is 0.335 e. The molecule has 0 aromatic heterocycles. The average molecular weight is 323 g/mol. The van der Waals surface area contributed by atoms with Crippen LogP contribution in [0, 0.1) is 5.82 Å². The highest BCUT2D eigenvalue weighted by Crippen LogP contribution is 2.24. The third-order valence-electron chi connectivity index (χ3n) is 3.14. The van der Waals surface area contributed by atoms with Crippen molar-refractivity contribution in [2.45, 2.75) is 5.75 Å². The van der Waals surface area contributed by atoms with Gasteiger partial charge in [0.1, 0.15) is 5.82 Å². The summed E-state index contributed by atoms with van der Waals surface area (Å²) in [6.07, 6.45) is 0. The van der Waals surface area contributed by atoms with Gasteiger partial charge in [-0.3, -0.25) is 4.31 Å². The molecule has 0 bridgehead atoms. The molecular formula is C15H14FNO4S. The molecule has 0 unspecified atom stereocenters. The number of hydrogen-bond donors (Lipinski definition) is 1. The fourth-order valence-corrected chi connectivity index (χ4v) is 3.17. The van der Waals surface area contributed by atoms with Gasteiger partial charge >= 0.3 is 5.97 Å². The van der Waals surface area contributed by atoms with Crippen LogP contribution >= 0.6 is 0 Å². The van der Waals surface area contributed by atoms with Crippen LogP contribution in [-0.4, -0.2) is 26.5 Å². The number of aromatic carboxylic acids is 1. The average Bonchev–Trinajstić information content (AvgIpc) is 2.47. The molecule has 7 heteroatoms. The highest BCUT2D eigenvalue weighted by Gasteiger charge is 2.22. The van der Waals surface area contributed by atoms with Gasteiger partial charge in [-0.15, -0.1) is 0 Å². The summed E-state index contributed by atoms with van der Waals surface area (Å²) in [6.45, 7) is 0. The van der Waals surface area contributed by atoms with Crippen molar-refractivity contribution in [3.05, 3.63) is 65.5 Å². The van der Waals surface area contributed by atoms with Crippen LogP contribution in [0.5, 0.6) is 0 Å². The van der Waals surface area contributed by atoms with Crippen LogP contribution in [0.2, 0.25) is 0 Å². The van der Waals surface area contributed by atoms with Gasteiger partial charge in [-0.25, -0.2) is 17.6 Å². The Morgan fingerprint density at radius 1 is 1.18 bits per heavy atom. The van der Waals surface area contributed by atoms with Gasteiger partial charge in [0, 0.05) is 7.05 Å². The summed E-state index contributed by atoms with van der Waals surface area (Å²) < 4.78 is 39.3. The van der Waals surface area contributed by atoms with E-state index in [9.17, 15) is 17.6 Å². The Hall–Kier alpha value is -2.41. The smallest absolute Gasteiger partial charge is 0.335 e. The van der Waals surface area contributed by atoms with Crippen LogP contribution < -0.4 is 4.31 Å². The van der Waals surface area contributed by atoms with E-state index in [2.05, 4.69) is 0 Å². The van der Waals surface area contributed by atoms with Crippen molar-refractivity contribution in [2.75, 3.05) is 11.4 Å². The van der Waals surface area contributed by atoms with Gasteiger partial charge in [-0.05, 0) is 23.8 Å². The highest BCUT2D eigenvalue weighted by atomic mass is 32.2. The number of halogens is 1. The Labute approximate surface area is 127 Å². The predicted molar refractivity (Wildman–Crippen MR) is 80.8 cm³/mol. The lowest BCUT2D eigenvalue weighted by molar-refractivity contribution is 0.0697. The molecule has 22 heavy (non-hydrogen) atoms. The summed E-state index contributed by atoms with van der Waals surface area (Å²) in [7, 11) is -2.63. The van der Waals surface area contributed by atoms with Gasteiger partial charge in [-0.1, -0.05) is 30.3 Å². The van der Waals surface area contributed by atoms with E-state index < -0.39 is 21.8 Å². The zero-order valence-corrected chi connectivity index (χ0v) is 12.5. The molecule has 0 heterocycles. The van der Waals surface area contributed by atoms with E-state index in [4.69, 9.17) is 5.11 Å². The first kappa shape index (κ1) is 16.0. The Kier molecular flexibility index (Phi) is 4.46. The van der Waals surface area contributed by atoms with Gasteiger partial charge in [0.15, 0.2) is 0 Å². The molecule has 0 saturated carbocycles. The van der Waals surface area contributed by atoms with Crippen molar-refractivity contribution < 1.29 is 22.7 Å². The molecule has 0 radical (unpaired) electrons. The van der Waals surface area contributed by atoms with Crippen LogP contribution in [0.4, 0.5) is 10.1 Å². The summed E-state index contributed by atoms with van der Waals surface area (Å²) in [5, 5.41) is 8.93. The Balaban J connectivity index is 2.36. The van der Waals surface area contributed by atoms with Gasteiger partial charge in [-0.2, -0.15) is 0 Å². The topological polar surface area (TPSA) is 74.7 Å². The second-order valence-electron chi connectivity index (χ2n) is 4.68. The number of carboxylic acids is 1. The molecule has 5 nitrogen and oxygen atoms in total.